The van der Waals surface area contributed by atoms with Crippen molar-refractivity contribution in [3.8, 4) is 0 Å². The molecule has 0 aromatic rings. The SMILES string of the molecule is [Cu].[I-].[I-].[I-]. The summed E-state index contributed by atoms with van der Waals surface area (Å²) in [5, 5.41) is 0. The van der Waals surface area contributed by atoms with E-state index in [9.17, 15) is 0 Å². The second-order valence-corrected chi connectivity index (χ2v) is 0. The number of hydrogen-bond acceptors (Lipinski definition) is 0. The van der Waals surface area contributed by atoms with Gasteiger partial charge in [0.1, 0.15) is 0 Å². The first-order chi connectivity index (χ1) is 0. The van der Waals surface area contributed by atoms with Crippen LogP contribution in [0.2, 0.25) is 0 Å². The van der Waals surface area contributed by atoms with Crippen molar-refractivity contribution in [1.29, 1.82) is 0 Å². The van der Waals surface area contributed by atoms with E-state index in [0.717, 1.165) is 0 Å². The Morgan fingerprint density at radius 3 is 0.500 bits per heavy atom. The van der Waals surface area contributed by atoms with Gasteiger partial charge in [-0.25, -0.2) is 0 Å². The van der Waals surface area contributed by atoms with E-state index < -0.39 is 0 Å². The first-order valence-electron chi connectivity index (χ1n) is 0. The van der Waals surface area contributed by atoms with Gasteiger partial charge in [-0.3, -0.25) is 0 Å². The molecular weight excluding hydrogens is 444 g/mol. The van der Waals surface area contributed by atoms with Gasteiger partial charge in [-0.05, 0) is 0 Å². The van der Waals surface area contributed by atoms with Gasteiger partial charge in [0.15, 0.2) is 0 Å². The Morgan fingerprint density at radius 2 is 0.500 bits per heavy atom. The van der Waals surface area contributed by atoms with Crippen LogP contribution >= 0.6 is 0 Å². The van der Waals surface area contributed by atoms with E-state index in [1.54, 1.807) is 0 Å². The van der Waals surface area contributed by atoms with Crippen molar-refractivity contribution in [2.75, 3.05) is 0 Å². The molecule has 0 fully saturated rings. The monoisotopic (exact) mass is 444 g/mol. The maximum Gasteiger partial charge on any atom is 0 e. The third kappa shape index (κ3) is 8.83. The van der Waals surface area contributed by atoms with E-state index >= 15 is 0 Å². The Morgan fingerprint density at radius 1 is 0.500 bits per heavy atom. The first kappa shape index (κ1) is 29.8. The van der Waals surface area contributed by atoms with Gasteiger partial charge in [-0.15, -0.1) is 0 Å². The van der Waals surface area contributed by atoms with Crippen LogP contribution in [0.4, 0.5) is 0 Å². The Bertz CT molecular complexity index is 3.25. The van der Waals surface area contributed by atoms with Crippen LogP contribution < -0.4 is 71.9 Å². The van der Waals surface area contributed by atoms with Gasteiger partial charge in [0, 0.05) is 17.1 Å². The number of hydrogen-bond donors (Lipinski definition) is 0. The molecule has 0 saturated heterocycles. The number of rotatable bonds is 0. The van der Waals surface area contributed by atoms with Crippen LogP contribution in [0.3, 0.4) is 0 Å². The molecule has 0 N–H and O–H groups in total. The summed E-state index contributed by atoms with van der Waals surface area (Å²) in [7, 11) is 0. The van der Waals surface area contributed by atoms with Crippen LogP contribution in [0, 0.1) is 0 Å². The molecule has 0 unspecified atom stereocenters. The van der Waals surface area contributed by atoms with E-state index in [1.807, 2.05) is 0 Å². The predicted molar refractivity (Wildman–Crippen MR) is 0 cm³/mol. The topological polar surface area (TPSA) is 0 Å². The second kappa shape index (κ2) is 17.2. The second-order valence-electron chi connectivity index (χ2n) is 0. The molecule has 0 aromatic carbocycles. The minimum absolute atomic E-state index is 0. The Hall–Kier alpha value is 2.71. The zero-order valence-corrected chi connectivity index (χ0v) is 8.85. The van der Waals surface area contributed by atoms with Gasteiger partial charge < -0.3 is 71.9 Å². The molecule has 4 heteroatoms. The fourth-order valence-electron chi connectivity index (χ4n) is 0. The summed E-state index contributed by atoms with van der Waals surface area (Å²) in [4.78, 5) is 0. The standard InChI is InChI=1S/Cu.3HI/h;3*1H/p-3. The minimum Gasteiger partial charge on any atom is -1.00 e. The molecule has 0 aliphatic rings. The largest absolute Gasteiger partial charge is 1.00 e. The molecule has 0 aliphatic carbocycles. The van der Waals surface area contributed by atoms with Gasteiger partial charge >= 0.3 is 0 Å². The maximum absolute atomic E-state index is 0. The van der Waals surface area contributed by atoms with Crippen molar-refractivity contribution in [3.63, 3.8) is 0 Å². The van der Waals surface area contributed by atoms with Crippen LogP contribution in [0.5, 0.6) is 0 Å². The molecule has 1 radical (unpaired) electrons. The zero-order valence-electron chi connectivity index (χ0n) is 1.44. The molecule has 0 bridgehead atoms. The van der Waals surface area contributed by atoms with Crippen LogP contribution in [0.15, 0.2) is 0 Å². The van der Waals surface area contributed by atoms with Crippen molar-refractivity contribution in [3.05, 3.63) is 0 Å². The smallest absolute Gasteiger partial charge is 0 e. The van der Waals surface area contributed by atoms with E-state index in [0.29, 0.717) is 0 Å². The molecule has 0 saturated carbocycles. The summed E-state index contributed by atoms with van der Waals surface area (Å²) in [6, 6.07) is 0. The van der Waals surface area contributed by atoms with Gasteiger partial charge in [0.05, 0.1) is 0 Å². The summed E-state index contributed by atoms with van der Waals surface area (Å²) in [5.41, 5.74) is 0. The van der Waals surface area contributed by atoms with Gasteiger partial charge in [-0.2, -0.15) is 0 Å². The fourth-order valence-corrected chi connectivity index (χ4v) is 0. The molecule has 0 atom stereocenters. The third-order valence-corrected chi connectivity index (χ3v) is 0. The molecule has 0 rings (SSSR count). The molecule has 0 aromatic heterocycles. The molecule has 0 heterocycles. The van der Waals surface area contributed by atoms with Crippen LogP contribution in [-0.2, 0) is 17.1 Å². The summed E-state index contributed by atoms with van der Waals surface area (Å²) < 4.78 is 0. The summed E-state index contributed by atoms with van der Waals surface area (Å²) >= 11 is 0. The third-order valence-electron chi connectivity index (χ3n) is 0. The summed E-state index contributed by atoms with van der Waals surface area (Å²) in [5.74, 6) is 0. The van der Waals surface area contributed by atoms with E-state index in [-0.39, 0.29) is 89.0 Å². The normalized spacial score (nSPS) is 0. The summed E-state index contributed by atoms with van der Waals surface area (Å²) in [6.45, 7) is 0. The van der Waals surface area contributed by atoms with E-state index in [4.69, 9.17) is 0 Å². The molecule has 0 spiro atoms. The van der Waals surface area contributed by atoms with E-state index in [1.165, 1.54) is 0 Å². The fraction of sp³-hybridized carbons (Fsp3) is 0. The van der Waals surface area contributed by atoms with Crippen molar-refractivity contribution >= 4 is 0 Å². The molecule has 0 aliphatic heterocycles. The molecular formula is CuI3-3. The molecule has 0 amide bonds. The minimum atomic E-state index is 0. The van der Waals surface area contributed by atoms with E-state index in [2.05, 4.69) is 0 Å². The van der Waals surface area contributed by atoms with Crippen LogP contribution in [0.25, 0.3) is 0 Å². The van der Waals surface area contributed by atoms with Crippen molar-refractivity contribution in [2.45, 2.75) is 0 Å². The number of halogens is 3. The first-order valence-corrected chi connectivity index (χ1v) is 0. The maximum atomic E-state index is 0. The molecule has 35 valence electrons. The Balaban J connectivity index is 0. The zero-order chi connectivity index (χ0) is 0. The van der Waals surface area contributed by atoms with Crippen molar-refractivity contribution < 1.29 is 89.0 Å². The quantitative estimate of drug-likeness (QED) is 0.257. The summed E-state index contributed by atoms with van der Waals surface area (Å²) in [6.07, 6.45) is 0. The van der Waals surface area contributed by atoms with Crippen LogP contribution in [0.1, 0.15) is 0 Å². The van der Waals surface area contributed by atoms with Gasteiger partial charge in [-0.1, -0.05) is 0 Å². The van der Waals surface area contributed by atoms with Crippen molar-refractivity contribution in [1.82, 2.24) is 0 Å². The van der Waals surface area contributed by atoms with Gasteiger partial charge in [0.25, 0.3) is 0 Å². The predicted octanol–water partition coefficient (Wildman–Crippen LogP) is -8.99. The molecule has 0 nitrogen and oxygen atoms in total. The van der Waals surface area contributed by atoms with Gasteiger partial charge in [0.2, 0.25) is 0 Å². The average Bonchev–Trinajstić information content (AvgIpc) is 0. The molecule has 4 heavy (non-hydrogen) atoms. The average molecular weight is 444 g/mol. The van der Waals surface area contributed by atoms with Crippen molar-refractivity contribution in [2.24, 2.45) is 0 Å². The Labute approximate surface area is 87.4 Å². The Kier molecular flexibility index (Phi) is 128. The van der Waals surface area contributed by atoms with Crippen LogP contribution in [-0.4, -0.2) is 0 Å².